The molecule has 0 unspecified atom stereocenters. The molecule has 0 aromatic heterocycles. The van der Waals surface area contributed by atoms with Crippen LogP contribution in [-0.4, -0.2) is 18.3 Å². The molecule has 1 aromatic rings. The molecule has 4 nitrogen and oxygen atoms in total. The number of rotatable bonds is 2. The van der Waals surface area contributed by atoms with Crippen LogP contribution in [0.25, 0.3) is 0 Å². The minimum Gasteiger partial charge on any atom is -0.494 e. The van der Waals surface area contributed by atoms with E-state index in [1.54, 1.807) is 0 Å². The van der Waals surface area contributed by atoms with Gasteiger partial charge in [0.15, 0.2) is 11.6 Å². The molecular formula is C8H8FNO3. The summed E-state index contributed by atoms with van der Waals surface area (Å²) in [5, 5.41) is 10.3. The lowest BCUT2D eigenvalue weighted by molar-refractivity contribution is 0.209. The molecule has 0 heterocycles. The zero-order valence-electron chi connectivity index (χ0n) is 6.87. The summed E-state index contributed by atoms with van der Waals surface area (Å²) in [6.07, 6.45) is -1.23. The van der Waals surface area contributed by atoms with Gasteiger partial charge in [-0.25, -0.2) is 9.18 Å². The van der Waals surface area contributed by atoms with E-state index in [9.17, 15) is 9.18 Å². The molecular weight excluding hydrogens is 177 g/mol. The van der Waals surface area contributed by atoms with Crippen LogP contribution in [0, 0.1) is 5.82 Å². The second kappa shape index (κ2) is 3.75. The first-order valence-corrected chi connectivity index (χ1v) is 3.47. The zero-order valence-corrected chi connectivity index (χ0v) is 6.87. The van der Waals surface area contributed by atoms with E-state index in [4.69, 9.17) is 5.11 Å². The van der Waals surface area contributed by atoms with Gasteiger partial charge in [-0.05, 0) is 12.1 Å². The average molecular weight is 185 g/mol. The van der Waals surface area contributed by atoms with Crippen LogP contribution in [0.5, 0.6) is 5.75 Å². The van der Waals surface area contributed by atoms with Crippen molar-refractivity contribution in [3.8, 4) is 5.75 Å². The van der Waals surface area contributed by atoms with Crippen LogP contribution in [0.3, 0.4) is 0 Å². The number of anilines is 1. The van der Waals surface area contributed by atoms with E-state index < -0.39 is 11.9 Å². The van der Waals surface area contributed by atoms with Crippen LogP contribution in [0.15, 0.2) is 18.2 Å². The van der Waals surface area contributed by atoms with E-state index in [1.807, 2.05) is 5.32 Å². The summed E-state index contributed by atoms with van der Waals surface area (Å²) in [7, 11) is 1.34. The largest absolute Gasteiger partial charge is 0.494 e. The zero-order chi connectivity index (χ0) is 9.84. The van der Waals surface area contributed by atoms with Gasteiger partial charge in [-0.1, -0.05) is 0 Å². The van der Waals surface area contributed by atoms with Gasteiger partial charge in [0.25, 0.3) is 0 Å². The van der Waals surface area contributed by atoms with Crippen molar-refractivity contribution in [3.63, 3.8) is 0 Å². The Kier molecular flexibility index (Phi) is 2.69. The van der Waals surface area contributed by atoms with Crippen molar-refractivity contribution < 1.29 is 19.0 Å². The minimum atomic E-state index is -1.23. The van der Waals surface area contributed by atoms with Gasteiger partial charge in [-0.15, -0.1) is 0 Å². The third-order valence-corrected chi connectivity index (χ3v) is 1.40. The van der Waals surface area contributed by atoms with Gasteiger partial charge in [0.2, 0.25) is 0 Å². The molecule has 0 aliphatic rings. The van der Waals surface area contributed by atoms with Crippen molar-refractivity contribution in [1.29, 1.82) is 0 Å². The molecule has 0 saturated heterocycles. The third-order valence-electron chi connectivity index (χ3n) is 1.40. The van der Waals surface area contributed by atoms with Crippen molar-refractivity contribution in [2.45, 2.75) is 0 Å². The number of ether oxygens (including phenoxy) is 1. The first kappa shape index (κ1) is 9.31. The van der Waals surface area contributed by atoms with E-state index in [-0.39, 0.29) is 11.4 Å². The normalized spacial score (nSPS) is 9.38. The maximum Gasteiger partial charge on any atom is 0.409 e. The van der Waals surface area contributed by atoms with Gasteiger partial charge in [-0.2, -0.15) is 0 Å². The number of benzene rings is 1. The van der Waals surface area contributed by atoms with Crippen molar-refractivity contribution in [1.82, 2.24) is 0 Å². The molecule has 0 spiro atoms. The highest BCUT2D eigenvalue weighted by Crippen LogP contribution is 2.20. The molecule has 0 atom stereocenters. The highest BCUT2D eigenvalue weighted by molar-refractivity contribution is 5.82. The molecule has 0 bridgehead atoms. The molecule has 1 amide bonds. The van der Waals surface area contributed by atoms with Gasteiger partial charge >= 0.3 is 6.09 Å². The van der Waals surface area contributed by atoms with E-state index >= 15 is 0 Å². The summed E-state index contributed by atoms with van der Waals surface area (Å²) in [5.41, 5.74) is 0.172. The van der Waals surface area contributed by atoms with Gasteiger partial charge in [-0.3, -0.25) is 5.32 Å². The Bertz CT molecular complexity index is 327. The fourth-order valence-electron chi connectivity index (χ4n) is 0.868. The summed E-state index contributed by atoms with van der Waals surface area (Å²) in [6.45, 7) is 0. The van der Waals surface area contributed by atoms with Gasteiger partial charge in [0.1, 0.15) is 0 Å². The lowest BCUT2D eigenvalue weighted by Gasteiger charge is -2.04. The number of carbonyl (C=O) groups is 1. The molecule has 0 radical (unpaired) electrons. The number of hydrogen-bond donors (Lipinski definition) is 2. The standard InChI is InChI=1S/C8H8FNO3/c1-13-7-3-2-5(4-6(7)9)10-8(11)12/h2-4,10H,1H3,(H,11,12). The molecule has 13 heavy (non-hydrogen) atoms. The molecule has 1 aromatic carbocycles. The molecule has 70 valence electrons. The highest BCUT2D eigenvalue weighted by atomic mass is 19.1. The summed E-state index contributed by atoms with van der Waals surface area (Å²) < 4.78 is 17.6. The van der Waals surface area contributed by atoms with Crippen molar-refractivity contribution in [2.75, 3.05) is 12.4 Å². The average Bonchev–Trinajstić information content (AvgIpc) is 2.03. The summed E-state index contributed by atoms with van der Waals surface area (Å²) in [5.74, 6) is -0.523. The topological polar surface area (TPSA) is 58.6 Å². The Morgan fingerprint density at radius 2 is 2.31 bits per heavy atom. The van der Waals surface area contributed by atoms with Gasteiger partial charge in [0, 0.05) is 11.8 Å². The maximum absolute atomic E-state index is 12.9. The first-order chi connectivity index (χ1) is 6.13. The lowest BCUT2D eigenvalue weighted by atomic mass is 10.3. The monoisotopic (exact) mass is 185 g/mol. The molecule has 0 aliphatic heterocycles. The Balaban J connectivity index is 2.89. The molecule has 0 fully saturated rings. The SMILES string of the molecule is COc1ccc(NC(=O)O)cc1F. The molecule has 0 aliphatic carbocycles. The smallest absolute Gasteiger partial charge is 0.409 e. The van der Waals surface area contributed by atoms with E-state index in [1.165, 1.54) is 19.2 Å². The van der Waals surface area contributed by atoms with E-state index in [0.29, 0.717) is 0 Å². The van der Waals surface area contributed by atoms with Crippen LogP contribution in [0.1, 0.15) is 0 Å². The Hall–Kier alpha value is -1.78. The van der Waals surface area contributed by atoms with Gasteiger partial charge < -0.3 is 9.84 Å². The number of halogens is 1. The molecule has 2 N–H and O–H groups in total. The molecule has 5 heteroatoms. The van der Waals surface area contributed by atoms with Crippen molar-refractivity contribution in [3.05, 3.63) is 24.0 Å². The van der Waals surface area contributed by atoms with E-state index in [0.717, 1.165) is 6.07 Å². The van der Waals surface area contributed by atoms with Crippen molar-refractivity contribution >= 4 is 11.8 Å². The van der Waals surface area contributed by atoms with Gasteiger partial charge in [0.05, 0.1) is 7.11 Å². The second-order valence-electron chi connectivity index (χ2n) is 2.28. The quantitative estimate of drug-likeness (QED) is 0.740. The van der Waals surface area contributed by atoms with Crippen molar-refractivity contribution in [2.24, 2.45) is 0 Å². The predicted octanol–water partition coefficient (Wildman–Crippen LogP) is 1.92. The highest BCUT2D eigenvalue weighted by Gasteiger charge is 2.04. The Labute approximate surface area is 73.9 Å². The molecule has 1 rings (SSSR count). The molecule has 0 saturated carbocycles. The van der Waals surface area contributed by atoms with E-state index in [2.05, 4.69) is 4.74 Å². The van der Waals surface area contributed by atoms with Crippen LogP contribution < -0.4 is 10.1 Å². The summed E-state index contributed by atoms with van der Waals surface area (Å²) in [4.78, 5) is 10.2. The summed E-state index contributed by atoms with van der Waals surface area (Å²) >= 11 is 0. The number of hydrogen-bond acceptors (Lipinski definition) is 2. The fourth-order valence-corrected chi connectivity index (χ4v) is 0.868. The minimum absolute atomic E-state index is 0.0796. The fraction of sp³-hybridized carbons (Fsp3) is 0.125. The predicted molar refractivity (Wildman–Crippen MR) is 44.6 cm³/mol. The Morgan fingerprint density at radius 3 is 2.77 bits per heavy atom. The van der Waals surface area contributed by atoms with Crippen LogP contribution in [-0.2, 0) is 0 Å². The first-order valence-electron chi connectivity index (χ1n) is 3.47. The summed E-state index contributed by atoms with van der Waals surface area (Å²) in [6, 6.07) is 3.81. The lowest BCUT2D eigenvalue weighted by Crippen LogP contribution is -2.07. The number of methoxy groups -OCH3 is 1. The van der Waals surface area contributed by atoms with Crippen LogP contribution >= 0.6 is 0 Å². The van der Waals surface area contributed by atoms with Crippen LogP contribution in [0.4, 0.5) is 14.9 Å². The second-order valence-corrected chi connectivity index (χ2v) is 2.28. The maximum atomic E-state index is 12.9. The third kappa shape index (κ3) is 2.33. The Morgan fingerprint density at radius 1 is 1.62 bits per heavy atom. The number of amides is 1. The number of carboxylic acid groups (broad SMARTS) is 1. The number of nitrogens with one attached hydrogen (secondary N) is 1. The van der Waals surface area contributed by atoms with Crippen LogP contribution in [0.2, 0.25) is 0 Å².